The smallest absolute Gasteiger partial charge is 0.380 e. The predicted molar refractivity (Wildman–Crippen MR) is 267 cm³/mol. The second-order valence-electron chi connectivity index (χ2n) is 18.5. The molecule has 12 nitrogen and oxygen atoms in total. The zero-order valence-corrected chi connectivity index (χ0v) is 41.9. The molecule has 368 valence electrons. The van der Waals surface area contributed by atoms with Crippen LogP contribution in [0.2, 0.25) is 5.02 Å². The Bertz CT molecular complexity index is 2610. The normalized spacial score (nSPS) is 19.6. The standard InChI is InChI=1S/C49H61ClF3N7O5S3/c1-48(35-59-25-22-54-23-26-59)21-19-44(36-9-13-39(50)14-10-36)38(32-48)33-58-27-29-60(30-28-58)41-15-11-37(12-16-41)47(61)56-68(64,65)43-17-18-45(46(31-43)67(62,63)49(51,52)53)55-40(20-24-57(2)3)34-66-42-7-5-4-6-8-42/h4-18,31,40,54-55H,19-30,32-35H2,1-3H3,(H,56,61)/t40-,48?/m1/s1. The lowest BCUT2D eigenvalue weighted by Gasteiger charge is -2.43. The third-order valence-electron chi connectivity index (χ3n) is 12.9. The topological polar surface area (TPSA) is 134 Å². The predicted octanol–water partition coefficient (Wildman–Crippen LogP) is 7.95. The van der Waals surface area contributed by atoms with E-state index in [-0.39, 0.29) is 11.0 Å². The molecule has 1 aliphatic carbocycles. The first-order chi connectivity index (χ1) is 32.3. The number of sulfonamides is 1. The van der Waals surface area contributed by atoms with Crippen LogP contribution in [0.1, 0.15) is 48.5 Å². The van der Waals surface area contributed by atoms with Gasteiger partial charge in [0.15, 0.2) is 0 Å². The fourth-order valence-electron chi connectivity index (χ4n) is 9.19. The van der Waals surface area contributed by atoms with Gasteiger partial charge in [-0.2, -0.15) is 13.2 Å². The van der Waals surface area contributed by atoms with Crippen LogP contribution in [0.4, 0.5) is 24.5 Å². The second kappa shape index (κ2) is 22.3. The maximum absolute atomic E-state index is 14.1. The highest BCUT2D eigenvalue weighted by molar-refractivity contribution is 7.99. The summed E-state index contributed by atoms with van der Waals surface area (Å²) in [6.45, 7) is 12.2. The Hall–Kier alpha value is -4.14. The lowest BCUT2D eigenvalue weighted by molar-refractivity contribution is -0.0435. The van der Waals surface area contributed by atoms with Gasteiger partial charge in [0.2, 0.25) is 0 Å². The average Bonchev–Trinajstić information content (AvgIpc) is 3.30. The number of piperazine rings is 2. The van der Waals surface area contributed by atoms with Crippen LogP contribution in [0.25, 0.3) is 5.57 Å². The molecule has 19 heteroatoms. The van der Waals surface area contributed by atoms with Crippen LogP contribution in [0, 0.1) is 5.41 Å². The third kappa shape index (κ3) is 13.4. The molecule has 2 saturated heterocycles. The van der Waals surface area contributed by atoms with Crippen LogP contribution in [-0.4, -0.2) is 141 Å². The molecular formula is C49H61ClF3N7O5S3. The Kier molecular flexibility index (Phi) is 17.0. The van der Waals surface area contributed by atoms with Gasteiger partial charge in [0, 0.05) is 98.4 Å². The van der Waals surface area contributed by atoms with Gasteiger partial charge in [-0.1, -0.05) is 54.4 Å². The first kappa shape index (κ1) is 51.7. The van der Waals surface area contributed by atoms with Gasteiger partial charge in [0.05, 0.1) is 10.6 Å². The SMILES string of the molecule is CN(C)CC[C@H](CSc1ccccc1)Nc1ccc(S(=O)(=O)NC(=O)c2ccc(N3CCN(CC4=C(c5ccc(Cl)cc5)CCC(C)(CN5CCNCC5)C4)CC3)cc2)cc1S(=O)(=O)C(F)(F)F. The molecule has 7 rings (SSSR count). The van der Waals surface area contributed by atoms with Gasteiger partial charge in [-0.3, -0.25) is 9.69 Å². The van der Waals surface area contributed by atoms with E-state index < -0.39 is 52.8 Å². The van der Waals surface area contributed by atoms with Gasteiger partial charge in [0.1, 0.15) is 4.90 Å². The van der Waals surface area contributed by atoms with E-state index in [1.807, 2.05) is 66.2 Å². The lowest BCUT2D eigenvalue weighted by atomic mass is 9.71. The van der Waals surface area contributed by atoms with Crippen molar-refractivity contribution in [2.24, 2.45) is 5.41 Å². The first-order valence-electron chi connectivity index (χ1n) is 22.9. The molecular weight excluding hydrogens is 955 g/mol. The van der Waals surface area contributed by atoms with Crippen LogP contribution in [0.15, 0.2) is 117 Å². The summed E-state index contributed by atoms with van der Waals surface area (Å²) >= 11 is 7.72. The summed E-state index contributed by atoms with van der Waals surface area (Å²) in [6.07, 6.45) is 3.60. The fraction of sp³-hybridized carbons (Fsp3) is 0.449. The minimum atomic E-state index is -6.04. The quantitative estimate of drug-likeness (QED) is 0.0836. The molecule has 0 aromatic heterocycles. The number of halogens is 4. The third-order valence-corrected chi connectivity index (χ3v) is 17.2. The van der Waals surface area contributed by atoms with Gasteiger partial charge < -0.3 is 25.3 Å². The van der Waals surface area contributed by atoms with Gasteiger partial charge in [-0.05, 0) is 130 Å². The number of thioether (sulfide) groups is 1. The minimum absolute atomic E-state index is 0.000126. The van der Waals surface area contributed by atoms with Crippen LogP contribution in [-0.2, 0) is 19.9 Å². The molecule has 3 N–H and O–H groups in total. The van der Waals surface area contributed by atoms with Crippen molar-refractivity contribution < 1.29 is 34.8 Å². The molecule has 2 aliphatic heterocycles. The molecule has 4 aromatic carbocycles. The van der Waals surface area contributed by atoms with Crippen molar-refractivity contribution in [3.05, 3.63) is 119 Å². The van der Waals surface area contributed by atoms with Crippen molar-refractivity contribution in [2.75, 3.05) is 102 Å². The van der Waals surface area contributed by atoms with E-state index in [9.17, 15) is 34.8 Å². The molecule has 68 heavy (non-hydrogen) atoms. The molecule has 0 spiro atoms. The van der Waals surface area contributed by atoms with Gasteiger partial charge >= 0.3 is 5.51 Å². The van der Waals surface area contributed by atoms with Crippen molar-refractivity contribution in [3.63, 3.8) is 0 Å². The number of rotatable bonds is 18. The van der Waals surface area contributed by atoms with E-state index in [0.29, 0.717) is 24.8 Å². The molecule has 2 heterocycles. The van der Waals surface area contributed by atoms with Gasteiger partial charge in [0.25, 0.3) is 25.8 Å². The molecule has 1 amide bonds. The minimum Gasteiger partial charge on any atom is -0.380 e. The Morgan fingerprint density at radius 1 is 0.882 bits per heavy atom. The number of allylic oxidation sites excluding steroid dienone is 1. The highest BCUT2D eigenvalue weighted by atomic mass is 35.5. The number of carbonyl (C=O) groups excluding carboxylic acids is 1. The summed E-state index contributed by atoms with van der Waals surface area (Å²) in [5.41, 5.74) is -1.01. The van der Waals surface area contributed by atoms with E-state index >= 15 is 0 Å². The summed E-state index contributed by atoms with van der Waals surface area (Å²) in [5.74, 6) is -0.650. The highest BCUT2D eigenvalue weighted by Crippen LogP contribution is 2.44. The summed E-state index contributed by atoms with van der Waals surface area (Å²) in [6, 6.07) is 25.9. The number of nitrogens with zero attached hydrogens (tertiary/aromatic N) is 4. The Morgan fingerprint density at radius 3 is 2.21 bits per heavy atom. The fourth-order valence-corrected chi connectivity index (χ4v) is 12.3. The van der Waals surface area contributed by atoms with E-state index in [0.717, 1.165) is 112 Å². The Morgan fingerprint density at radius 2 is 1.56 bits per heavy atom. The zero-order valence-electron chi connectivity index (χ0n) is 38.7. The van der Waals surface area contributed by atoms with Crippen molar-refractivity contribution >= 4 is 66.1 Å². The monoisotopic (exact) mass is 1020 g/mol. The van der Waals surface area contributed by atoms with Gasteiger partial charge in [-0.15, -0.1) is 11.8 Å². The summed E-state index contributed by atoms with van der Waals surface area (Å²) in [4.78, 5) is 21.4. The number of hydrogen-bond donors (Lipinski definition) is 3. The summed E-state index contributed by atoms with van der Waals surface area (Å²) in [5, 5.41) is 7.13. The molecule has 2 fully saturated rings. The Balaban J connectivity index is 1.01. The molecule has 0 bridgehead atoms. The maximum Gasteiger partial charge on any atom is 0.501 e. The number of amides is 1. The van der Waals surface area contributed by atoms with E-state index in [1.165, 1.54) is 40.6 Å². The molecule has 4 aromatic rings. The van der Waals surface area contributed by atoms with Crippen LogP contribution in [0.5, 0.6) is 0 Å². The lowest BCUT2D eigenvalue weighted by Crippen LogP contribution is -2.49. The van der Waals surface area contributed by atoms with E-state index in [2.05, 4.69) is 44.4 Å². The van der Waals surface area contributed by atoms with Crippen LogP contribution >= 0.6 is 23.4 Å². The molecule has 3 aliphatic rings. The van der Waals surface area contributed by atoms with Crippen molar-refractivity contribution in [1.29, 1.82) is 0 Å². The largest absolute Gasteiger partial charge is 0.501 e. The maximum atomic E-state index is 14.1. The number of anilines is 2. The average molecular weight is 1020 g/mol. The highest BCUT2D eigenvalue weighted by Gasteiger charge is 2.48. The molecule has 0 saturated carbocycles. The van der Waals surface area contributed by atoms with E-state index in [1.54, 1.807) is 12.1 Å². The molecule has 1 unspecified atom stereocenters. The number of carbonyl (C=O) groups is 1. The van der Waals surface area contributed by atoms with Crippen molar-refractivity contribution in [1.82, 2.24) is 24.7 Å². The molecule has 0 radical (unpaired) electrons. The number of benzene rings is 4. The number of nitrogens with one attached hydrogen (secondary N) is 3. The van der Waals surface area contributed by atoms with Crippen LogP contribution < -0.4 is 20.3 Å². The second-order valence-corrected chi connectivity index (χ2v) is 23.6. The number of hydrogen-bond acceptors (Lipinski definition) is 12. The van der Waals surface area contributed by atoms with Gasteiger partial charge in [-0.25, -0.2) is 21.6 Å². The molecule has 2 atom stereocenters. The van der Waals surface area contributed by atoms with E-state index in [4.69, 9.17) is 11.6 Å². The van der Waals surface area contributed by atoms with Crippen molar-refractivity contribution in [2.45, 2.75) is 58.8 Å². The summed E-state index contributed by atoms with van der Waals surface area (Å²) in [7, 11) is -7.20. The Labute approximate surface area is 408 Å². The zero-order chi connectivity index (χ0) is 48.7. The first-order valence-corrected chi connectivity index (χ1v) is 27.2. The summed E-state index contributed by atoms with van der Waals surface area (Å²) < 4.78 is 97.4. The number of sulfone groups is 1. The number of alkyl halides is 3. The van der Waals surface area contributed by atoms with Crippen molar-refractivity contribution in [3.8, 4) is 0 Å². The van der Waals surface area contributed by atoms with Crippen LogP contribution in [0.3, 0.4) is 0 Å².